The molecule has 120 valence electrons. The van der Waals surface area contributed by atoms with Gasteiger partial charge in [0.25, 0.3) is 0 Å². The molecule has 2 aromatic rings. The van der Waals surface area contributed by atoms with Crippen molar-refractivity contribution >= 4 is 28.7 Å². The summed E-state index contributed by atoms with van der Waals surface area (Å²) in [4.78, 5) is 24.2. The molecule has 22 heavy (non-hydrogen) atoms. The highest BCUT2D eigenvalue weighted by atomic mass is 32.1. The highest BCUT2D eigenvalue weighted by Gasteiger charge is 2.23. The predicted octanol–water partition coefficient (Wildman–Crippen LogP) is 3.99. The number of nitrogens with zero attached hydrogens (tertiary/aromatic N) is 3. The number of aromatic nitrogens is 2. The molecular formula is C15H22N4OS2. The van der Waals surface area contributed by atoms with Crippen LogP contribution in [0.15, 0.2) is 5.38 Å². The van der Waals surface area contributed by atoms with E-state index in [0.29, 0.717) is 0 Å². The molecule has 0 saturated heterocycles. The van der Waals surface area contributed by atoms with Gasteiger partial charge in [-0.05, 0) is 34.6 Å². The van der Waals surface area contributed by atoms with Crippen LogP contribution in [-0.4, -0.2) is 27.9 Å². The van der Waals surface area contributed by atoms with Gasteiger partial charge in [0.05, 0.1) is 22.8 Å². The second kappa shape index (κ2) is 6.75. The largest absolute Gasteiger partial charge is 0.329 e. The van der Waals surface area contributed by atoms with Crippen molar-refractivity contribution in [3.8, 4) is 0 Å². The number of hydrogen-bond acceptors (Lipinski definition) is 5. The number of urea groups is 1. The van der Waals surface area contributed by atoms with Gasteiger partial charge in [0.1, 0.15) is 5.01 Å². The summed E-state index contributed by atoms with van der Waals surface area (Å²) in [6, 6.07) is -0.195. The fourth-order valence-electron chi connectivity index (χ4n) is 2.21. The first-order valence-electron chi connectivity index (χ1n) is 7.19. The highest BCUT2D eigenvalue weighted by molar-refractivity contribution is 7.11. The molecule has 0 radical (unpaired) electrons. The van der Waals surface area contributed by atoms with Crippen molar-refractivity contribution in [3.63, 3.8) is 0 Å². The molecule has 0 fully saturated rings. The second-order valence-corrected chi connectivity index (χ2v) is 7.59. The number of carbonyl (C=O) groups is 1. The van der Waals surface area contributed by atoms with Crippen LogP contribution in [0.3, 0.4) is 0 Å². The topological polar surface area (TPSA) is 58.1 Å². The Morgan fingerprint density at radius 3 is 2.45 bits per heavy atom. The van der Waals surface area contributed by atoms with Gasteiger partial charge in [-0.3, -0.25) is 0 Å². The molecule has 2 amide bonds. The lowest BCUT2D eigenvalue weighted by atomic mass is 10.2. The van der Waals surface area contributed by atoms with Gasteiger partial charge in [0.2, 0.25) is 0 Å². The Bertz CT molecular complexity index is 664. The number of thiazole rings is 2. The van der Waals surface area contributed by atoms with Crippen LogP contribution in [0.1, 0.15) is 52.2 Å². The number of nitrogens with one attached hydrogen (secondary N) is 1. The first-order valence-corrected chi connectivity index (χ1v) is 8.88. The fourth-order valence-corrected chi connectivity index (χ4v) is 4.03. The Kier molecular flexibility index (Phi) is 5.18. The van der Waals surface area contributed by atoms with E-state index in [0.717, 1.165) is 26.3 Å². The minimum atomic E-state index is -0.0988. The lowest BCUT2D eigenvalue weighted by Gasteiger charge is -2.26. The molecule has 2 rings (SSSR count). The predicted molar refractivity (Wildman–Crippen MR) is 91.6 cm³/mol. The Morgan fingerprint density at radius 1 is 1.27 bits per heavy atom. The third-order valence-electron chi connectivity index (χ3n) is 3.57. The van der Waals surface area contributed by atoms with Gasteiger partial charge in [-0.1, -0.05) is 0 Å². The van der Waals surface area contributed by atoms with E-state index in [1.54, 1.807) is 27.6 Å². The van der Waals surface area contributed by atoms with Crippen LogP contribution < -0.4 is 5.32 Å². The number of rotatable bonds is 4. The Balaban J connectivity index is 2.04. The van der Waals surface area contributed by atoms with Gasteiger partial charge in [-0.2, -0.15) is 0 Å². The summed E-state index contributed by atoms with van der Waals surface area (Å²) in [6.07, 6.45) is 0. The molecule has 1 N–H and O–H groups in total. The molecule has 0 spiro atoms. The molecule has 2 atom stereocenters. The molecular weight excluding hydrogens is 316 g/mol. The molecule has 5 nitrogen and oxygen atoms in total. The van der Waals surface area contributed by atoms with Crippen molar-refractivity contribution in [3.05, 3.63) is 31.7 Å². The van der Waals surface area contributed by atoms with Gasteiger partial charge in [-0.15, -0.1) is 22.7 Å². The van der Waals surface area contributed by atoms with Crippen LogP contribution in [0.25, 0.3) is 0 Å². The van der Waals surface area contributed by atoms with Crippen LogP contribution >= 0.6 is 22.7 Å². The zero-order valence-corrected chi connectivity index (χ0v) is 15.4. The smallest absolute Gasteiger partial charge is 0.318 e. The van der Waals surface area contributed by atoms with Crippen molar-refractivity contribution in [2.45, 2.75) is 46.7 Å². The SMILES string of the molecule is Cc1csc([C@@H](C)NC(=O)N(C)[C@@H](C)c2sc(C)nc2C)n1. The third kappa shape index (κ3) is 3.64. The normalized spacial score (nSPS) is 13.7. The van der Waals surface area contributed by atoms with Crippen LogP contribution in [0.4, 0.5) is 4.79 Å². The fraction of sp³-hybridized carbons (Fsp3) is 0.533. The minimum absolute atomic E-state index is 0.00330. The first-order chi connectivity index (χ1) is 10.3. The summed E-state index contributed by atoms with van der Waals surface area (Å²) in [7, 11) is 1.81. The molecule has 0 aromatic carbocycles. The lowest BCUT2D eigenvalue weighted by Crippen LogP contribution is -2.39. The summed E-state index contributed by atoms with van der Waals surface area (Å²) < 4.78 is 0. The van der Waals surface area contributed by atoms with E-state index in [1.807, 2.05) is 47.0 Å². The van der Waals surface area contributed by atoms with Crippen LogP contribution in [-0.2, 0) is 0 Å². The molecule has 0 aliphatic heterocycles. The van der Waals surface area contributed by atoms with Crippen molar-refractivity contribution in [2.75, 3.05) is 7.05 Å². The standard InChI is InChI=1S/C15H22N4OS2/c1-8-7-21-14(16-8)10(3)18-15(20)19(6)11(4)13-9(2)17-12(5)22-13/h7,10-11H,1-6H3,(H,18,20)/t10-,11+/m1/s1. The first kappa shape index (κ1) is 16.9. The Labute approximate surface area is 139 Å². The van der Waals surface area contributed by atoms with Crippen molar-refractivity contribution in [1.82, 2.24) is 20.2 Å². The van der Waals surface area contributed by atoms with Crippen LogP contribution in [0, 0.1) is 20.8 Å². The Hall–Kier alpha value is -1.47. The molecule has 7 heteroatoms. The van der Waals surface area contributed by atoms with Crippen LogP contribution in [0.5, 0.6) is 0 Å². The molecule has 0 bridgehead atoms. The van der Waals surface area contributed by atoms with Gasteiger partial charge in [-0.25, -0.2) is 14.8 Å². The maximum atomic E-state index is 12.4. The van der Waals surface area contributed by atoms with E-state index in [2.05, 4.69) is 15.3 Å². The molecule has 0 unspecified atom stereocenters. The van der Waals surface area contributed by atoms with Gasteiger partial charge in [0, 0.05) is 23.0 Å². The van der Waals surface area contributed by atoms with Crippen LogP contribution in [0.2, 0.25) is 0 Å². The van der Waals surface area contributed by atoms with E-state index < -0.39 is 0 Å². The van der Waals surface area contributed by atoms with Gasteiger partial charge in [0.15, 0.2) is 0 Å². The maximum Gasteiger partial charge on any atom is 0.318 e. The number of amides is 2. The third-order valence-corrected chi connectivity index (χ3v) is 5.96. The summed E-state index contributed by atoms with van der Waals surface area (Å²) in [5.74, 6) is 0. The summed E-state index contributed by atoms with van der Waals surface area (Å²) in [5.41, 5.74) is 1.98. The average Bonchev–Trinajstić information content (AvgIpc) is 3.02. The quantitative estimate of drug-likeness (QED) is 0.917. The molecule has 0 aliphatic rings. The summed E-state index contributed by atoms with van der Waals surface area (Å²) in [5, 5.41) is 6.95. The molecule has 0 saturated carbocycles. The van der Waals surface area contributed by atoms with E-state index in [-0.39, 0.29) is 18.1 Å². The van der Waals surface area contributed by atoms with E-state index >= 15 is 0 Å². The molecule has 0 aliphatic carbocycles. The van der Waals surface area contributed by atoms with Gasteiger partial charge < -0.3 is 10.2 Å². The van der Waals surface area contributed by atoms with E-state index in [9.17, 15) is 4.79 Å². The average molecular weight is 339 g/mol. The van der Waals surface area contributed by atoms with Crippen molar-refractivity contribution in [2.24, 2.45) is 0 Å². The zero-order chi connectivity index (χ0) is 16.4. The molecule has 2 heterocycles. The summed E-state index contributed by atoms with van der Waals surface area (Å²) in [6.45, 7) is 9.91. The number of carbonyl (C=O) groups excluding carboxylic acids is 1. The number of hydrogen-bond donors (Lipinski definition) is 1. The van der Waals surface area contributed by atoms with Crippen molar-refractivity contribution < 1.29 is 4.79 Å². The summed E-state index contributed by atoms with van der Waals surface area (Å²) >= 11 is 3.21. The monoisotopic (exact) mass is 338 g/mol. The lowest BCUT2D eigenvalue weighted by molar-refractivity contribution is 0.191. The van der Waals surface area contributed by atoms with E-state index in [4.69, 9.17) is 0 Å². The maximum absolute atomic E-state index is 12.4. The number of aryl methyl sites for hydroxylation is 3. The van der Waals surface area contributed by atoms with Crippen molar-refractivity contribution in [1.29, 1.82) is 0 Å². The van der Waals surface area contributed by atoms with Gasteiger partial charge >= 0.3 is 6.03 Å². The molecule has 2 aromatic heterocycles. The minimum Gasteiger partial charge on any atom is -0.329 e. The second-order valence-electron chi connectivity index (χ2n) is 5.47. The highest BCUT2D eigenvalue weighted by Crippen LogP contribution is 2.28. The Morgan fingerprint density at radius 2 is 1.95 bits per heavy atom. The van der Waals surface area contributed by atoms with E-state index in [1.165, 1.54) is 0 Å². The zero-order valence-electron chi connectivity index (χ0n) is 13.8.